The highest BCUT2D eigenvalue weighted by Gasteiger charge is 2.41. The Labute approximate surface area is 163 Å². The van der Waals surface area contributed by atoms with Crippen LogP contribution in [-0.2, 0) is 9.59 Å². The fourth-order valence-electron chi connectivity index (χ4n) is 3.93. The van der Waals surface area contributed by atoms with Gasteiger partial charge in [-0.25, -0.2) is 4.79 Å². The van der Waals surface area contributed by atoms with Gasteiger partial charge in [0.05, 0.1) is 13.3 Å². The molecule has 2 fully saturated rings. The van der Waals surface area contributed by atoms with E-state index in [9.17, 15) is 14.4 Å². The molecule has 2 N–H and O–H groups in total. The van der Waals surface area contributed by atoms with Crippen molar-refractivity contribution in [3.05, 3.63) is 11.9 Å². The summed E-state index contributed by atoms with van der Waals surface area (Å²) in [5.74, 6) is 0.617. The lowest BCUT2D eigenvalue weighted by Gasteiger charge is -2.38. The molecule has 0 spiro atoms. The van der Waals surface area contributed by atoms with Gasteiger partial charge in [0, 0.05) is 32.4 Å². The van der Waals surface area contributed by atoms with Crippen molar-refractivity contribution in [2.24, 2.45) is 0 Å². The van der Waals surface area contributed by atoms with E-state index in [-0.39, 0.29) is 17.9 Å². The van der Waals surface area contributed by atoms with Crippen LogP contribution in [0.15, 0.2) is 11.9 Å². The first-order valence-corrected chi connectivity index (χ1v) is 10.5. The molecular weight excluding hydrogens is 370 g/mol. The van der Waals surface area contributed by atoms with E-state index in [1.807, 2.05) is 29.3 Å². The smallest absolute Gasteiger partial charge is 0.405 e. The zero-order chi connectivity index (χ0) is 19.6. The highest BCUT2D eigenvalue weighted by molar-refractivity contribution is 7.98. The molecule has 3 aliphatic heterocycles. The van der Waals surface area contributed by atoms with E-state index >= 15 is 0 Å². The van der Waals surface area contributed by atoms with E-state index in [2.05, 4.69) is 10.2 Å². The van der Waals surface area contributed by atoms with Gasteiger partial charge in [-0.2, -0.15) is 11.8 Å². The zero-order valence-corrected chi connectivity index (χ0v) is 16.6. The van der Waals surface area contributed by atoms with E-state index in [1.165, 1.54) is 0 Å². The molecule has 3 heterocycles. The molecule has 10 heteroatoms. The standard InChI is InChI=1S/C17H27N5O4S/c1-19-9-14-16(24)22(11-21(14)10-19)12-3-6-20(7-4-12)15(23)13(5-8-27-2)18-17(25)26/h9,12-13,18H,3-8,10-11H2,1-2H3,(H,25,26)/t13-/m1/s1. The average Bonchev–Trinajstić information content (AvgIpc) is 3.15. The van der Waals surface area contributed by atoms with Crippen LogP contribution in [0.3, 0.4) is 0 Å². The van der Waals surface area contributed by atoms with Gasteiger partial charge in [0.2, 0.25) is 5.91 Å². The molecule has 2 saturated heterocycles. The number of amides is 3. The van der Waals surface area contributed by atoms with Crippen LogP contribution < -0.4 is 5.32 Å². The third-order valence-electron chi connectivity index (χ3n) is 5.30. The van der Waals surface area contributed by atoms with Crippen molar-refractivity contribution in [2.45, 2.75) is 31.3 Å². The van der Waals surface area contributed by atoms with Gasteiger partial charge in [-0.3, -0.25) is 9.59 Å². The topological polar surface area (TPSA) is 96.4 Å². The Hall–Kier alpha value is -2.10. The van der Waals surface area contributed by atoms with Crippen LogP contribution in [0.5, 0.6) is 0 Å². The third kappa shape index (κ3) is 4.26. The van der Waals surface area contributed by atoms with Gasteiger partial charge in [0.15, 0.2) is 0 Å². The molecule has 0 aromatic rings. The summed E-state index contributed by atoms with van der Waals surface area (Å²) in [6.45, 7) is 2.42. The van der Waals surface area contributed by atoms with Crippen molar-refractivity contribution in [3.8, 4) is 0 Å². The number of thioether (sulfide) groups is 1. The fraction of sp³-hybridized carbons (Fsp3) is 0.706. The molecule has 3 aliphatic rings. The van der Waals surface area contributed by atoms with E-state index in [0.29, 0.717) is 26.2 Å². The number of fused-ring (bicyclic) bond motifs is 1. The molecule has 150 valence electrons. The van der Waals surface area contributed by atoms with Crippen LogP contribution in [0, 0.1) is 0 Å². The molecule has 3 rings (SSSR count). The summed E-state index contributed by atoms with van der Waals surface area (Å²) >= 11 is 1.59. The first-order valence-electron chi connectivity index (χ1n) is 9.16. The number of carboxylic acid groups (broad SMARTS) is 1. The number of hydrogen-bond acceptors (Lipinski definition) is 6. The molecule has 0 aromatic carbocycles. The maximum Gasteiger partial charge on any atom is 0.405 e. The van der Waals surface area contributed by atoms with E-state index in [1.54, 1.807) is 16.7 Å². The van der Waals surface area contributed by atoms with Crippen LogP contribution in [0.2, 0.25) is 0 Å². The van der Waals surface area contributed by atoms with Crippen LogP contribution >= 0.6 is 11.8 Å². The van der Waals surface area contributed by atoms with Crippen molar-refractivity contribution in [3.63, 3.8) is 0 Å². The zero-order valence-electron chi connectivity index (χ0n) is 15.8. The van der Waals surface area contributed by atoms with Crippen LogP contribution in [-0.4, -0.2) is 100 Å². The van der Waals surface area contributed by atoms with Crippen molar-refractivity contribution in [2.75, 3.05) is 45.5 Å². The quantitative estimate of drug-likeness (QED) is 0.661. The predicted molar refractivity (Wildman–Crippen MR) is 102 cm³/mol. The Morgan fingerprint density at radius 1 is 1.33 bits per heavy atom. The van der Waals surface area contributed by atoms with Gasteiger partial charge in [0.1, 0.15) is 11.7 Å². The van der Waals surface area contributed by atoms with Crippen molar-refractivity contribution >= 4 is 29.7 Å². The number of rotatable bonds is 6. The first-order chi connectivity index (χ1) is 12.9. The normalized spacial score (nSPS) is 21.4. The number of piperidine rings is 1. The van der Waals surface area contributed by atoms with Crippen LogP contribution in [0.4, 0.5) is 4.79 Å². The number of carbonyl (C=O) groups is 3. The summed E-state index contributed by atoms with van der Waals surface area (Å²) in [4.78, 5) is 44.0. The minimum atomic E-state index is -1.18. The maximum atomic E-state index is 12.7. The number of likely N-dealkylation sites (tertiary alicyclic amines) is 1. The second kappa shape index (κ2) is 8.28. The molecule has 0 aliphatic carbocycles. The van der Waals surface area contributed by atoms with Crippen molar-refractivity contribution < 1.29 is 19.5 Å². The molecule has 3 amide bonds. The van der Waals surface area contributed by atoms with Gasteiger partial charge in [-0.15, -0.1) is 0 Å². The predicted octanol–water partition coefficient (Wildman–Crippen LogP) is 0.213. The Kier molecular flexibility index (Phi) is 6.03. The molecule has 0 saturated carbocycles. The Bertz CT molecular complexity index is 635. The first kappa shape index (κ1) is 19.7. The van der Waals surface area contributed by atoms with E-state index < -0.39 is 12.1 Å². The fourth-order valence-corrected chi connectivity index (χ4v) is 4.40. The summed E-state index contributed by atoms with van der Waals surface area (Å²) in [5, 5.41) is 11.3. The highest BCUT2D eigenvalue weighted by atomic mass is 32.2. The summed E-state index contributed by atoms with van der Waals surface area (Å²) in [6.07, 6.45) is 4.56. The van der Waals surface area contributed by atoms with Gasteiger partial charge in [0.25, 0.3) is 5.91 Å². The summed E-state index contributed by atoms with van der Waals surface area (Å²) < 4.78 is 0. The molecule has 0 bridgehead atoms. The van der Waals surface area contributed by atoms with Gasteiger partial charge in [-0.1, -0.05) is 0 Å². The second-order valence-corrected chi connectivity index (χ2v) is 8.19. The molecule has 9 nitrogen and oxygen atoms in total. The monoisotopic (exact) mass is 397 g/mol. The molecule has 0 unspecified atom stereocenters. The Morgan fingerprint density at radius 2 is 2.04 bits per heavy atom. The van der Waals surface area contributed by atoms with Gasteiger partial charge < -0.3 is 30.0 Å². The number of nitrogens with one attached hydrogen (secondary N) is 1. The third-order valence-corrected chi connectivity index (χ3v) is 5.95. The minimum Gasteiger partial charge on any atom is -0.465 e. The number of nitrogens with zero attached hydrogens (tertiary/aromatic N) is 4. The summed E-state index contributed by atoms with van der Waals surface area (Å²) in [6, 6.07) is -0.582. The summed E-state index contributed by atoms with van der Waals surface area (Å²) in [7, 11) is 1.95. The summed E-state index contributed by atoms with van der Waals surface area (Å²) in [5.41, 5.74) is 0.749. The molecule has 1 atom stereocenters. The highest BCUT2D eigenvalue weighted by Crippen LogP contribution is 2.29. The van der Waals surface area contributed by atoms with E-state index in [4.69, 9.17) is 5.11 Å². The lowest BCUT2D eigenvalue weighted by molar-refractivity contribution is -0.135. The lowest BCUT2D eigenvalue weighted by atomic mass is 10.0. The Balaban J connectivity index is 1.55. The van der Waals surface area contributed by atoms with Crippen molar-refractivity contribution in [1.82, 2.24) is 24.9 Å². The van der Waals surface area contributed by atoms with Crippen LogP contribution in [0.1, 0.15) is 19.3 Å². The minimum absolute atomic E-state index is 0.0644. The van der Waals surface area contributed by atoms with Crippen LogP contribution in [0.25, 0.3) is 0 Å². The maximum absolute atomic E-state index is 12.7. The molecule has 0 aromatic heterocycles. The lowest BCUT2D eigenvalue weighted by Crippen LogP contribution is -2.53. The number of hydrogen-bond donors (Lipinski definition) is 2. The molecular formula is C17H27N5O4S. The number of carbonyl (C=O) groups excluding carboxylic acids is 2. The van der Waals surface area contributed by atoms with Gasteiger partial charge >= 0.3 is 6.09 Å². The largest absolute Gasteiger partial charge is 0.465 e. The average molecular weight is 398 g/mol. The SMILES string of the molecule is CSCC[C@@H](NC(=O)O)C(=O)N1CCC(N2CN3CN(C)C=C3C2=O)CC1. The van der Waals surface area contributed by atoms with E-state index in [0.717, 1.165) is 31.0 Å². The molecule has 27 heavy (non-hydrogen) atoms. The second-order valence-electron chi connectivity index (χ2n) is 7.21. The molecule has 0 radical (unpaired) electrons. The van der Waals surface area contributed by atoms with Crippen molar-refractivity contribution in [1.29, 1.82) is 0 Å². The Morgan fingerprint density at radius 3 is 2.63 bits per heavy atom. The van der Waals surface area contributed by atoms with Gasteiger partial charge in [-0.05, 0) is 31.3 Å².